The zero-order chi connectivity index (χ0) is 25.2. The van der Waals surface area contributed by atoms with Crippen molar-refractivity contribution in [1.82, 2.24) is 15.1 Å². The number of carbonyl (C=O) groups is 2. The lowest BCUT2D eigenvalue weighted by molar-refractivity contribution is -0.125. The van der Waals surface area contributed by atoms with Crippen LogP contribution in [0.5, 0.6) is 0 Å². The SMILES string of the molecule is Cc1ccc(Br)c(C)c1C(=O)N1CC2CN(CC[C@H](NC(=O)C3CCOC3)c3ccccc3)CC2C1. The van der Waals surface area contributed by atoms with Crippen molar-refractivity contribution in [1.29, 1.82) is 0 Å². The summed E-state index contributed by atoms with van der Waals surface area (Å²) in [6.07, 6.45) is 1.68. The van der Waals surface area contributed by atoms with E-state index in [4.69, 9.17) is 4.74 Å². The van der Waals surface area contributed by atoms with Gasteiger partial charge in [0.1, 0.15) is 0 Å². The van der Waals surface area contributed by atoms with Crippen LogP contribution in [0.15, 0.2) is 46.9 Å². The molecule has 0 aromatic heterocycles. The largest absolute Gasteiger partial charge is 0.381 e. The van der Waals surface area contributed by atoms with Crippen LogP contribution in [-0.4, -0.2) is 67.6 Å². The number of carbonyl (C=O) groups excluding carboxylic acids is 2. The van der Waals surface area contributed by atoms with Crippen LogP contribution in [0.4, 0.5) is 0 Å². The molecule has 192 valence electrons. The molecule has 3 heterocycles. The third-order valence-electron chi connectivity index (χ3n) is 8.22. The zero-order valence-corrected chi connectivity index (χ0v) is 22.8. The fourth-order valence-corrected chi connectivity index (χ4v) is 6.43. The van der Waals surface area contributed by atoms with Gasteiger partial charge in [-0.2, -0.15) is 0 Å². The summed E-state index contributed by atoms with van der Waals surface area (Å²) in [6.45, 7) is 9.84. The number of likely N-dealkylation sites (tertiary alicyclic amines) is 2. The van der Waals surface area contributed by atoms with E-state index in [1.54, 1.807) is 0 Å². The summed E-state index contributed by atoms with van der Waals surface area (Å²) in [4.78, 5) is 30.8. The van der Waals surface area contributed by atoms with Crippen molar-refractivity contribution in [3.63, 3.8) is 0 Å². The van der Waals surface area contributed by atoms with Gasteiger partial charge in [-0.05, 0) is 61.3 Å². The Bertz CT molecular complexity index is 1090. The highest BCUT2D eigenvalue weighted by atomic mass is 79.9. The van der Waals surface area contributed by atoms with Crippen LogP contribution in [0, 0.1) is 31.6 Å². The predicted molar refractivity (Wildman–Crippen MR) is 144 cm³/mol. The first kappa shape index (κ1) is 25.4. The number of hydrogen-bond donors (Lipinski definition) is 1. The van der Waals surface area contributed by atoms with Gasteiger partial charge in [0.15, 0.2) is 0 Å². The fraction of sp³-hybridized carbons (Fsp3) is 0.517. The van der Waals surface area contributed by atoms with Crippen LogP contribution >= 0.6 is 15.9 Å². The van der Waals surface area contributed by atoms with Crippen molar-refractivity contribution in [2.24, 2.45) is 17.8 Å². The monoisotopic (exact) mass is 553 g/mol. The third-order valence-corrected chi connectivity index (χ3v) is 9.08. The average molecular weight is 555 g/mol. The second-order valence-corrected chi connectivity index (χ2v) is 11.5. The maximum absolute atomic E-state index is 13.4. The fourth-order valence-electron chi connectivity index (χ4n) is 6.10. The number of aryl methyl sites for hydroxylation is 1. The molecule has 3 aliphatic rings. The molecule has 3 saturated heterocycles. The molecular formula is C29H36BrN3O3. The molecule has 0 saturated carbocycles. The molecular weight excluding hydrogens is 518 g/mol. The van der Waals surface area contributed by atoms with E-state index < -0.39 is 0 Å². The van der Waals surface area contributed by atoms with Gasteiger partial charge in [-0.25, -0.2) is 0 Å². The molecule has 0 radical (unpaired) electrons. The molecule has 0 aliphatic carbocycles. The molecule has 5 rings (SSSR count). The molecule has 4 atom stereocenters. The molecule has 1 N–H and O–H groups in total. The first-order valence-electron chi connectivity index (χ1n) is 13.1. The first-order chi connectivity index (χ1) is 17.4. The summed E-state index contributed by atoms with van der Waals surface area (Å²) < 4.78 is 6.41. The maximum atomic E-state index is 13.4. The van der Waals surface area contributed by atoms with Crippen LogP contribution in [0.1, 0.15) is 45.9 Å². The molecule has 2 aromatic rings. The van der Waals surface area contributed by atoms with Crippen LogP contribution in [0.25, 0.3) is 0 Å². The number of ether oxygens (including phenoxy) is 1. The van der Waals surface area contributed by atoms with E-state index in [0.29, 0.717) is 25.0 Å². The highest BCUT2D eigenvalue weighted by Crippen LogP contribution is 2.34. The summed E-state index contributed by atoms with van der Waals surface area (Å²) in [5, 5.41) is 3.30. The average Bonchev–Trinajstić information content (AvgIpc) is 3.62. The molecule has 3 fully saturated rings. The molecule has 0 spiro atoms. The Balaban J connectivity index is 1.17. The van der Waals surface area contributed by atoms with Crippen molar-refractivity contribution in [3.8, 4) is 0 Å². The first-order valence-corrected chi connectivity index (χ1v) is 13.9. The van der Waals surface area contributed by atoms with Gasteiger partial charge in [-0.3, -0.25) is 9.59 Å². The molecule has 0 bridgehead atoms. The van der Waals surface area contributed by atoms with E-state index >= 15 is 0 Å². The Morgan fingerprint density at radius 2 is 1.78 bits per heavy atom. The Kier molecular flexibility index (Phi) is 7.79. The lowest BCUT2D eigenvalue weighted by atomic mass is 10.0. The molecule has 3 aliphatic heterocycles. The minimum atomic E-state index is -0.0385. The van der Waals surface area contributed by atoms with E-state index in [2.05, 4.69) is 43.2 Å². The zero-order valence-electron chi connectivity index (χ0n) is 21.2. The smallest absolute Gasteiger partial charge is 0.254 e. The summed E-state index contributed by atoms with van der Waals surface area (Å²) in [7, 11) is 0. The maximum Gasteiger partial charge on any atom is 0.254 e. The lowest BCUT2D eigenvalue weighted by Crippen LogP contribution is -2.37. The molecule has 2 amide bonds. The standard InChI is InChI=1S/C29H36BrN3O3/c1-19-8-9-25(30)20(2)27(19)29(35)33-16-23-14-32(15-24(23)17-33)12-10-26(21-6-4-3-5-7-21)31-28(34)22-11-13-36-18-22/h3-9,22-24,26H,10-18H2,1-2H3,(H,31,34)/t22?,23?,24?,26-/m0/s1. The summed E-state index contributed by atoms with van der Waals surface area (Å²) in [5.74, 6) is 1.26. The Morgan fingerprint density at radius 1 is 1.06 bits per heavy atom. The topological polar surface area (TPSA) is 61.9 Å². The normalized spacial score (nSPS) is 24.6. The quantitative estimate of drug-likeness (QED) is 0.553. The van der Waals surface area contributed by atoms with Gasteiger partial charge in [-0.1, -0.05) is 52.3 Å². The number of hydrogen-bond acceptors (Lipinski definition) is 4. The van der Waals surface area contributed by atoms with E-state index in [-0.39, 0.29) is 23.8 Å². The number of rotatable bonds is 7. The Labute approximate surface area is 222 Å². The number of amides is 2. The Hall–Kier alpha value is -2.22. The van der Waals surface area contributed by atoms with Gasteiger partial charge < -0.3 is 19.9 Å². The van der Waals surface area contributed by atoms with Crippen molar-refractivity contribution in [3.05, 3.63) is 69.2 Å². The number of nitrogens with one attached hydrogen (secondary N) is 1. The lowest BCUT2D eigenvalue weighted by Gasteiger charge is -2.26. The summed E-state index contributed by atoms with van der Waals surface area (Å²) in [5.41, 5.74) is 4.06. The highest BCUT2D eigenvalue weighted by Gasteiger charge is 2.42. The molecule has 36 heavy (non-hydrogen) atoms. The van der Waals surface area contributed by atoms with Crippen LogP contribution in [0.3, 0.4) is 0 Å². The van der Waals surface area contributed by atoms with Crippen molar-refractivity contribution in [2.75, 3.05) is 45.9 Å². The molecule has 2 aromatic carbocycles. The third kappa shape index (κ3) is 5.38. The van der Waals surface area contributed by atoms with Gasteiger partial charge >= 0.3 is 0 Å². The van der Waals surface area contributed by atoms with E-state index in [1.807, 2.05) is 44.2 Å². The van der Waals surface area contributed by atoms with Crippen molar-refractivity contribution in [2.45, 2.75) is 32.7 Å². The number of fused-ring (bicyclic) bond motifs is 1. The van der Waals surface area contributed by atoms with E-state index in [1.165, 1.54) is 0 Å². The molecule has 6 nitrogen and oxygen atoms in total. The molecule has 3 unspecified atom stereocenters. The van der Waals surface area contributed by atoms with Gasteiger partial charge in [0.2, 0.25) is 5.91 Å². The van der Waals surface area contributed by atoms with Gasteiger partial charge in [0.05, 0.1) is 18.6 Å². The number of halogens is 1. The van der Waals surface area contributed by atoms with Crippen LogP contribution < -0.4 is 5.32 Å². The second-order valence-electron chi connectivity index (χ2n) is 10.7. The predicted octanol–water partition coefficient (Wildman–Crippen LogP) is 4.35. The van der Waals surface area contributed by atoms with Crippen LogP contribution in [-0.2, 0) is 9.53 Å². The number of nitrogens with zero attached hydrogens (tertiary/aromatic N) is 2. The summed E-state index contributed by atoms with van der Waals surface area (Å²) >= 11 is 3.58. The van der Waals surface area contributed by atoms with Gasteiger partial charge in [-0.15, -0.1) is 0 Å². The minimum absolute atomic E-state index is 0.000273. The van der Waals surface area contributed by atoms with Crippen molar-refractivity contribution >= 4 is 27.7 Å². The molecule has 7 heteroatoms. The van der Waals surface area contributed by atoms with Gasteiger partial charge in [0, 0.05) is 49.4 Å². The van der Waals surface area contributed by atoms with Crippen LogP contribution in [0.2, 0.25) is 0 Å². The van der Waals surface area contributed by atoms with E-state index in [0.717, 1.165) is 72.3 Å². The minimum Gasteiger partial charge on any atom is -0.381 e. The second kappa shape index (κ2) is 11.0. The highest BCUT2D eigenvalue weighted by molar-refractivity contribution is 9.10. The Morgan fingerprint density at radius 3 is 2.44 bits per heavy atom. The van der Waals surface area contributed by atoms with Gasteiger partial charge in [0.25, 0.3) is 5.91 Å². The number of benzene rings is 2. The summed E-state index contributed by atoms with van der Waals surface area (Å²) in [6, 6.07) is 14.3. The van der Waals surface area contributed by atoms with Crippen molar-refractivity contribution < 1.29 is 14.3 Å². The van der Waals surface area contributed by atoms with E-state index in [9.17, 15) is 9.59 Å².